The van der Waals surface area contributed by atoms with Gasteiger partial charge in [-0.2, -0.15) is 8.42 Å². The highest BCUT2D eigenvalue weighted by molar-refractivity contribution is 7.86. The molecule has 1 aromatic carbocycles. The number of ether oxygens (including phenoxy) is 1. The van der Waals surface area contributed by atoms with E-state index in [2.05, 4.69) is 0 Å². The van der Waals surface area contributed by atoms with E-state index >= 15 is 0 Å². The van der Waals surface area contributed by atoms with Gasteiger partial charge in [0.2, 0.25) is 0 Å². The Labute approximate surface area is 133 Å². The van der Waals surface area contributed by atoms with Crippen LogP contribution in [0.15, 0.2) is 30.3 Å². The minimum absolute atomic E-state index is 0.0151. The van der Waals surface area contributed by atoms with Crippen molar-refractivity contribution >= 4 is 22.2 Å². The number of hydrogen-bond acceptors (Lipinski definition) is 6. The highest BCUT2D eigenvalue weighted by atomic mass is 32.2. The molecule has 0 aromatic heterocycles. The van der Waals surface area contributed by atoms with E-state index in [9.17, 15) is 18.0 Å². The van der Waals surface area contributed by atoms with Gasteiger partial charge in [0.15, 0.2) is 0 Å². The fourth-order valence-corrected chi connectivity index (χ4v) is 3.01. The van der Waals surface area contributed by atoms with Gasteiger partial charge in [-0.15, -0.1) is 0 Å². The van der Waals surface area contributed by atoms with E-state index in [0.29, 0.717) is 0 Å². The number of carboxylic acid groups (broad SMARTS) is 1. The summed E-state index contributed by atoms with van der Waals surface area (Å²) < 4.78 is 32.2. The van der Waals surface area contributed by atoms with Gasteiger partial charge in [0.25, 0.3) is 10.1 Å². The second kappa shape index (κ2) is 6.97. The van der Waals surface area contributed by atoms with Crippen molar-refractivity contribution in [3.8, 4) is 0 Å². The van der Waals surface area contributed by atoms with Crippen LogP contribution in [0.2, 0.25) is 0 Å². The minimum atomic E-state index is -3.73. The van der Waals surface area contributed by atoms with Gasteiger partial charge < -0.3 is 9.84 Å². The summed E-state index contributed by atoms with van der Waals surface area (Å²) in [6, 6.07) is 7.86. The van der Waals surface area contributed by atoms with Gasteiger partial charge in [0.1, 0.15) is 12.6 Å². The normalized spacial score (nSPS) is 21.2. The van der Waals surface area contributed by atoms with Crippen LogP contribution in [0.5, 0.6) is 0 Å². The Morgan fingerprint density at radius 2 is 1.96 bits per heavy atom. The summed E-state index contributed by atoms with van der Waals surface area (Å²) in [7, 11) is -3.73. The Morgan fingerprint density at radius 1 is 1.30 bits per heavy atom. The fourth-order valence-electron chi connectivity index (χ4n) is 2.37. The first-order chi connectivity index (χ1) is 10.8. The lowest BCUT2D eigenvalue weighted by Gasteiger charge is -2.19. The molecule has 1 aliphatic rings. The molecule has 0 unspecified atom stereocenters. The molecule has 0 aliphatic carbocycles. The van der Waals surface area contributed by atoms with Crippen LogP contribution in [0.25, 0.3) is 0 Å². The largest absolute Gasteiger partial charge is 0.465 e. The molecule has 0 radical (unpaired) electrons. The van der Waals surface area contributed by atoms with E-state index in [1.54, 1.807) is 24.3 Å². The van der Waals surface area contributed by atoms with Crippen molar-refractivity contribution in [1.29, 1.82) is 0 Å². The topological polar surface area (TPSA) is 110 Å². The Morgan fingerprint density at radius 3 is 2.52 bits per heavy atom. The average molecular weight is 343 g/mol. The lowest BCUT2D eigenvalue weighted by molar-refractivity contribution is -0.149. The highest BCUT2D eigenvalue weighted by Crippen LogP contribution is 2.23. The van der Waals surface area contributed by atoms with Gasteiger partial charge in [-0.3, -0.25) is 9.08 Å². The van der Waals surface area contributed by atoms with Crippen molar-refractivity contribution in [1.82, 2.24) is 4.90 Å². The monoisotopic (exact) mass is 343 g/mol. The van der Waals surface area contributed by atoms with Crippen molar-refractivity contribution in [3.63, 3.8) is 0 Å². The van der Waals surface area contributed by atoms with E-state index in [-0.39, 0.29) is 19.6 Å². The smallest absolute Gasteiger partial charge is 0.408 e. The molecule has 0 spiro atoms. The maximum absolute atomic E-state index is 12.1. The summed E-state index contributed by atoms with van der Waals surface area (Å²) in [5.74, 6) is -0.726. The van der Waals surface area contributed by atoms with Crippen LogP contribution in [-0.2, 0) is 30.4 Å². The lowest BCUT2D eigenvalue weighted by atomic mass is 10.2. The molecule has 1 aromatic rings. The van der Waals surface area contributed by atoms with E-state index in [1.807, 2.05) is 6.07 Å². The molecule has 9 heteroatoms. The number of likely N-dealkylation sites (tertiary alicyclic amines) is 1. The fraction of sp³-hybridized carbons (Fsp3) is 0.429. The Hall–Kier alpha value is -2.13. The van der Waals surface area contributed by atoms with E-state index in [0.717, 1.165) is 16.7 Å². The molecule has 0 bridgehead atoms. The zero-order chi connectivity index (χ0) is 17.0. The second-order valence-electron chi connectivity index (χ2n) is 5.20. The zero-order valence-electron chi connectivity index (χ0n) is 12.4. The summed E-state index contributed by atoms with van der Waals surface area (Å²) in [4.78, 5) is 24.2. The second-order valence-corrected chi connectivity index (χ2v) is 6.80. The molecule has 126 valence electrons. The summed E-state index contributed by atoms with van der Waals surface area (Å²) in [6.07, 6.45) is -1.41. The number of amides is 1. The summed E-state index contributed by atoms with van der Waals surface area (Å²) in [5.41, 5.74) is 0.768. The number of benzene rings is 1. The molecule has 1 saturated heterocycles. The third kappa shape index (κ3) is 4.93. The van der Waals surface area contributed by atoms with E-state index in [4.69, 9.17) is 14.0 Å². The summed E-state index contributed by atoms with van der Waals surface area (Å²) in [6.45, 7) is -0.186. The maximum Gasteiger partial charge on any atom is 0.408 e. The van der Waals surface area contributed by atoms with Crippen LogP contribution in [0.1, 0.15) is 12.0 Å². The third-order valence-corrected chi connectivity index (χ3v) is 3.94. The minimum Gasteiger partial charge on any atom is -0.465 e. The van der Waals surface area contributed by atoms with Gasteiger partial charge in [-0.25, -0.2) is 9.59 Å². The number of esters is 1. The SMILES string of the molecule is CS(=O)(=O)O[C@H]1C[C@@H](C(=O)OCc2ccccc2)N(C(=O)O)C1. The van der Waals surface area contributed by atoms with Crippen molar-refractivity contribution < 1.29 is 32.0 Å². The molecule has 0 saturated carbocycles. The number of nitrogens with zero attached hydrogens (tertiary/aromatic N) is 1. The molecule has 8 nitrogen and oxygen atoms in total. The standard InChI is InChI=1S/C14H17NO7S/c1-23(19,20)22-11-7-12(15(8-11)14(17)18)13(16)21-9-10-5-3-2-4-6-10/h2-6,11-12H,7-9H2,1H3,(H,17,18)/t11-,12-/m0/s1. The molecule has 1 N–H and O–H groups in total. The van der Waals surface area contributed by atoms with Crippen molar-refractivity contribution in [2.24, 2.45) is 0 Å². The van der Waals surface area contributed by atoms with Gasteiger partial charge in [0.05, 0.1) is 18.9 Å². The van der Waals surface area contributed by atoms with Crippen LogP contribution in [0.3, 0.4) is 0 Å². The molecular weight excluding hydrogens is 326 g/mol. The van der Waals surface area contributed by atoms with E-state index in [1.165, 1.54) is 0 Å². The highest BCUT2D eigenvalue weighted by Gasteiger charge is 2.42. The average Bonchev–Trinajstić information content (AvgIpc) is 2.88. The first-order valence-electron chi connectivity index (χ1n) is 6.84. The predicted octanol–water partition coefficient (Wildman–Crippen LogP) is 0.827. The number of carbonyl (C=O) groups is 2. The number of carbonyl (C=O) groups excluding carboxylic acids is 1. The molecule has 2 rings (SSSR count). The summed E-state index contributed by atoms with van der Waals surface area (Å²) >= 11 is 0. The van der Waals surface area contributed by atoms with Crippen molar-refractivity contribution in [2.75, 3.05) is 12.8 Å². The molecule has 23 heavy (non-hydrogen) atoms. The van der Waals surface area contributed by atoms with Gasteiger partial charge >= 0.3 is 12.1 Å². The molecule has 1 fully saturated rings. The quantitative estimate of drug-likeness (QED) is 0.622. The Bertz CT molecular complexity index is 674. The molecule has 2 atom stereocenters. The van der Waals surface area contributed by atoms with Gasteiger partial charge in [-0.05, 0) is 5.56 Å². The zero-order valence-corrected chi connectivity index (χ0v) is 13.2. The van der Waals surface area contributed by atoms with Crippen LogP contribution < -0.4 is 0 Å². The lowest BCUT2D eigenvalue weighted by Crippen LogP contribution is -2.40. The van der Waals surface area contributed by atoms with Crippen molar-refractivity contribution in [3.05, 3.63) is 35.9 Å². The van der Waals surface area contributed by atoms with Crippen LogP contribution in [0.4, 0.5) is 4.79 Å². The summed E-state index contributed by atoms with van der Waals surface area (Å²) in [5, 5.41) is 9.15. The van der Waals surface area contributed by atoms with Gasteiger partial charge in [0, 0.05) is 6.42 Å². The third-order valence-electron chi connectivity index (χ3n) is 3.32. The first-order valence-corrected chi connectivity index (χ1v) is 8.66. The van der Waals surface area contributed by atoms with Crippen LogP contribution >= 0.6 is 0 Å². The van der Waals surface area contributed by atoms with Crippen LogP contribution in [-0.4, -0.2) is 55.4 Å². The van der Waals surface area contributed by atoms with Crippen molar-refractivity contribution in [2.45, 2.75) is 25.2 Å². The number of hydrogen-bond donors (Lipinski definition) is 1. The molecule has 1 heterocycles. The van der Waals surface area contributed by atoms with Gasteiger partial charge in [-0.1, -0.05) is 30.3 Å². The number of rotatable bonds is 5. The molecule has 1 aliphatic heterocycles. The van der Waals surface area contributed by atoms with E-state index < -0.39 is 34.3 Å². The molecule has 1 amide bonds. The first kappa shape index (κ1) is 17.2. The Kier molecular flexibility index (Phi) is 5.22. The maximum atomic E-state index is 12.1. The Balaban J connectivity index is 2.00. The predicted molar refractivity (Wildman–Crippen MR) is 79.1 cm³/mol. The molecular formula is C14H17NO7S. The van der Waals surface area contributed by atoms with Crippen LogP contribution in [0, 0.1) is 0 Å².